The van der Waals surface area contributed by atoms with Crippen molar-refractivity contribution in [2.24, 2.45) is 0 Å². The Bertz CT molecular complexity index is 361. The summed E-state index contributed by atoms with van der Waals surface area (Å²) in [6, 6.07) is 6.09. The summed E-state index contributed by atoms with van der Waals surface area (Å²) in [5, 5.41) is 0. The summed E-state index contributed by atoms with van der Waals surface area (Å²) in [5.74, 6) is 1.92. The minimum Gasteiger partial charge on any atom is -0.489 e. The predicted molar refractivity (Wildman–Crippen MR) is 73.6 cm³/mol. The summed E-state index contributed by atoms with van der Waals surface area (Å²) in [5.41, 5.74) is 1.22. The van der Waals surface area contributed by atoms with Gasteiger partial charge in [0.2, 0.25) is 0 Å². The van der Waals surface area contributed by atoms with E-state index in [1.165, 1.54) is 5.56 Å². The average molecular weight is 304 g/mol. The number of ether oxygens (including phenoxy) is 1. The summed E-state index contributed by atoms with van der Waals surface area (Å²) in [7, 11) is 0. The van der Waals surface area contributed by atoms with Gasteiger partial charge >= 0.3 is 0 Å². The van der Waals surface area contributed by atoms with Crippen LogP contribution in [0.4, 0.5) is 0 Å². The Morgan fingerprint density at radius 2 is 2.12 bits per heavy atom. The third-order valence-corrected chi connectivity index (χ3v) is 2.86. The first-order chi connectivity index (χ1) is 7.65. The van der Waals surface area contributed by atoms with E-state index >= 15 is 0 Å². The van der Waals surface area contributed by atoms with E-state index < -0.39 is 0 Å². The Morgan fingerprint density at radius 1 is 1.38 bits per heavy atom. The molecule has 0 aliphatic carbocycles. The Hall–Kier alpha value is -0.470. The van der Waals surface area contributed by atoms with Crippen LogP contribution in [0.3, 0.4) is 0 Å². The van der Waals surface area contributed by atoms with Crippen LogP contribution in [0, 0.1) is 0 Å². The molecule has 0 N–H and O–H groups in total. The van der Waals surface area contributed by atoms with Crippen molar-refractivity contribution in [1.29, 1.82) is 0 Å². The minimum absolute atomic E-state index is 0.449. The zero-order valence-corrected chi connectivity index (χ0v) is 11.9. The smallest absolute Gasteiger partial charge is 0.123 e. The van der Waals surface area contributed by atoms with Gasteiger partial charge in [-0.2, -0.15) is 0 Å². The lowest BCUT2D eigenvalue weighted by Gasteiger charge is -2.13. The van der Waals surface area contributed by atoms with Crippen LogP contribution >= 0.6 is 27.5 Å². The van der Waals surface area contributed by atoms with Gasteiger partial charge in [-0.3, -0.25) is 0 Å². The van der Waals surface area contributed by atoms with Crippen molar-refractivity contribution in [3.05, 3.63) is 40.4 Å². The largest absolute Gasteiger partial charge is 0.489 e. The average Bonchev–Trinajstić information content (AvgIpc) is 2.26. The summed E-state index contributed by atoms with van der Waals surface area (Å²) in [4.78, 5) is 0. The Labute approximate surface area is 111 Å². The second-order valence-electron chi connectivity index (χ2n) is 3.77. The third-order valence-electron chi connectivity index (χ3n) is 2.18. The van der Waals surface area contributed by atoms with E-state index in [2.05, 4.69) is 35.8 Å². The molecule has 0 amide bonds. The molecule has 0 bridgehead atoms. The lowest BCUT2D eigenvalue weighted by molar-refractivity contribution is 0.357. The number of rotatable bonds is 5. The summed E-state index contributed by atoms with van der Waals surface area (Å²) in [6.45, 7) is 4.88. The van der Waals surface area contributed by atoms with Crippen LogP contribution in [0.2, 0.25) is 0 Å². The van der Waals surface area contributed by atoms with Gasteiger partial charge in [-0.1, -0.05) is 41.9 Å². The second-order valence-corrected chi connectivity index (χ2v) is 5.00. The van der Waals surface area contributed by atoms with Gasteiger partial charge in [-0.05, 0) is 29.7 Å². The first-order valence-corrected chi connectivity index (χ1v) is 6.61. The van der Waals surface area contributed by atoms with Crippen molar-refractivity contribution in [1.82, 2.24) is 0 Å². The van der Waals surface area contributed by atoms with Crippen molar-refractivity contribution in [2.75, 3.05) is 12.5 Å². The molecular formula is C13H16BrClO. The molecule has 0 aliphatic rings. The minimum atomic E-state index is 0.449. The molecule has 0 heterocycles. The van der Waals surface area contributed by atoms with Gasteiger partial charge in [-0.25, -0.2) is 0 Å². The Balaban J connectivity index is 2.74. The monoisotopic (exact) mass is 302 g/mol. The number of benzene rings is 1. The number of allylic oxidation sites excluding steroid dienone is 1. The van der Waals surface area contributed by atoms with Gasteiger partial charge in [0.05, 0.1) is 0 Å². The summed E-state index contributed by atoms with van der Waals surface area (Å²) in [6.07, 6.45) is 3.81. The van der Waals surface area contributed by atoms with E-state index in [-0.39, 0.29) is 0 Å². The highest BCUT2D eigenvalue weighted by molar-refractivity contribution is 9.10. The SMILES string of the molecule is CC(C)c1cc(Br)ccc1OC/C=C/CCl. The normalized spacial score (nSPS) is 11.3. The second kappa shape index (κ2) is 6.97. The topological polar surface area (TPSA) is 9.23 Å². The fraction of sp³-hybridized carbons (Fsp3) is 0.385. The highest BCUT2D eigenvalue weighted by Crippen LogP contribution is 2.29. The molecule has 3 heteroatoms. The molecule has 0 spiro atoms. The van der Waals surface area contributed by atoms with Crippen molar-refractivity contribution >= 4 is 27.5 Å². The number of hydrogen-bond donors (Lipinski definition) is 0. The molecule has 0 atom stereocenters. The van der Waals surface area contributed by atoms with Crippen LogP contribution in [0.15, 0.2) is 34.8 Å². The molecule has 1 nitrogen and oxygen atoms in total. The molecular weight excluding hydrogens is 287 g/mol. The molecule has 16 heavy (non-hydrogen) atoms. The maximum Gasteiger partial charge on any atom is 0.123 e. The van der Waals surface area contributed by atoms with Crippen LogP contribution in [-0.4, -0.2) is 12.5 Å². The molecule has 88 valence electrons. The number of halogens is 2. The van der Waals surface area contributed by atoms with E-state index in [0.717, 1.165) is 10.2 Å². The first-order valence-electron chi connectivity index (χ1n) is 5.28. The highest BCUT2D eigenvalue weighted by atomic mass is 79.9. The zero-order valence-electron chi connectivity index (χ0n) is 9.54. The maximum absolute atomic E-state index is 5.69. The molecule has 1 aromatic carbocycles. The molecule has 0 radical (unpaired) electrons. The first kappa shape index (κ1) is 13.6. The van der Waals surface area contributed by atoms with Crippen molar-refractivity contribution in [3.8, 4) is 5.75 Å². The van der Waals surface area contributed by atoms with Crippen molar-refractivity contribution in [2.45, 2.75) is 19.8 Å². The van der Waals surface area contributed by atoms with E-state index in [0.29, 0.717) is 18.4 Å². The molecule has 0 unspecified atom stereocenters. The van der Waals surface area contributed by atoms with Crippen LogP contribution in [-0.2, 0) is 0 Å². The van der Waals surface area contributed by atoms with E-state index in [9.17, 15) is 0 Å². The highest BCUT2D eigenvalue weighted by Gasteiger charge is 2.07. The van der Waals surface area contributed by atoms with E-state index in [1.807, 2.05) is 24.3 Å². The predicted octanol–water partition coefficient (Wildman–Crippen LogP) is 4.75. The Morgan fingerprint density at radius 3 is 2.75 bits per heavy atom. The number of alkyl halides is 1. The number of hydrogen-bond acceptors (Lipinski definition) is 1. The molecule has 0 aromatic heterocycles. The van der Waals surface area contributed by atoms with Crippen LogP contribution in [0.1, 0.15) is 25.3 Å². The van der Waals surface area contributed by atoms with Gasteiger partial charge in [0.15, 0.2) is 0 Å². The molecule has 0 aliphatic heterocycles. The van der Waals surface area contributed by atoms with Gasteiger partial charge in [-0.15, -0.1) is 11.6 Å². The molecule has 0 fully saturated rings. The third kappa shape index (κ3) is 4.18. The lowest BCUT2D eigenvalue weighted by atomic mass is 10.0. The van der Waals surface area contributed by atoms with Gasteiger partial charge in [0.1, 0.15) is 12.4 Å². The Kier molecular flexibility index (Phi) is 5.93. The van der Waals surface area contributed by atoms with Crippen LogP contribution in [0.5, 0.6) is 5.75 Å². The van der Waals surface area contributed by atoms with Gasteiger partial charge < -0.3 is 4.74 Å². The van der Waals surface area contributed by atoms with Gasteiger partial charge in [0, 0.05) is 10.4 Å². The van der Waals surface area contributed by atoms with Gasteiger partial charge in [0.25, 0.3) is 0 Å². The molecule has 1 rings (SSSR count). The molecule has 1 aromatic rings. The summed E-state index contributed by atoms with van der Waals surface area (Å²) >= 11 is 9.01. The van der Waals surface area contributed by atoms with Crippen LogP contribution in [0.25, 0.3) is 0 Å². The maximum atomic E-state index is 5.69. The quantitative estimate of drug-likeness (QED) is 0.563. The fourth-order valence-corrected chi connectivity index (χ4v) is 1.88. The van der Waals surface area contributed by atoms with Crippen molar-refractivity contribution < 1.29 is 4.74 Å². The summed E-state index contributed by atoms with van der Waals surface area (Å²) < 4.78 is 6.77. The van der Waals surface area contributed by atoms with E-state index in [1.54, 1.807) is 0 Å². The molecule has 0 saturated heterocycles. The zero-order chi connectivity index (χ0) is 12.0. The van der Waals surface area contributed by atoms with Crippen LogP contribution < -0.4 is 4.74 Å². The van der Waals surface area contributed by atoms with E-state index in [4.69, 9.17) is 16.3 Å². The fourth-order valence-electron chi connectivity index (χ4n) is 1.37. The lowest BCUT2D eigenvalue weighted by Crippen LogP contribution is -1.99. The molecule has 0 saturated carbocycles. The van der Waals surface area contributed by atoms with Crippen molar-refractivity contribution in [3.63, 3.8) is 0 Å². The standard InChI is InChI=1S/C13H16BrClO/c1-10(2)12-9-11(14)5-6-13(12)16-8-4-3-7-15/h3-6,9-10H,7-8H2,1-2H3/b4-3+.